The Balaban J connectivity index is 2.83. The summed E-state index contributed by atoms with van der Waals surface area (Å²) in [6.45, 7) is 0. The summed E-state index contributed by atoms with van der Waals surface area (Å²) in [4.78, 5) is 24.6. The molecule has 0 fully saturated rings. The van der Waals surface area contributed by atoms with Gasteiger partial charge in [0.2, 0.25) is 5.43 Å². The lowest BCUT2D eigenvalue weighted by Gasteiger charge is -2.16. The molecular formula is C11H8F3NO3. The smallest absolute Gasteiger partial charge is 0.432 e. The Morgan fingerprint density at radius 3 is 2.61 bits per heavy atom. The first-order valence-electron chi connectivity index (χ1n) is 5.08. The van der Waals surface area contributed by atoms with Gasteiger partial charge in [-0.25, -0.2) is 4.79 Å². The Labute approximate surface area is 98.8 Å². The average molecular weight is 259 g/mol. The molecule has 1 aromatic rings. The third kappa shape index (κ3) is 1.92. The van der Waals surface area contributed by atoms with E-state index in [2.05, 4.69) is 0 Å². The first kappa shape index (κ1) is 12.4. The third-order valence-corrected chi connectivity index (χ3v) is 2.68. The van der Waals surface area contributed by atoms with Crippen LogP contribution in [0.1, 0.15) is 33.7 Å². The molecule has 4 nitrogen and oxygen atoms in total. The monoisotopic (exact) mass is 259 g/mol. The molecule has 0 amide bonds. The molecule has 2 N–H and O–H groups in total. The van der Waals surface area contributed by atoms with Crippen LogP contribution in [0.4, 0.5) is 13.2 Å². The van der Waals surface area contributed by atoms with Crippen LogP contribution in [-0.4, -0.2) is 16.1 Å². The number of rotatable bonds is 1. The van der Waals surface area contributed by atoms with Crippen molar-refractivity contribution in [2.45, 2.75) is 19.0 Å². The van der Waals surface area contributed by atoms with Crippen molar-refractivity contribution in [3.8, 4) is 0 Å². The van der Waals surface area contributed by atoms with Gasteiger partial charge in [-0.3, -0.25) is 4.79 Å². The molecule has 1 aromatic heterocycles. The number of carbonyl (C=O) groups is 1. The molecule has 0 aromatic carbocycles. The van der Waals surface area contributed by atoms with Gasteiger partial charge in [0, 0.05) is 11.3 Å². The number of aromatic nitrogens is 1. The average Bonchev–Trinajstić information content (AvgIpc) is 2.27. The van der Waals surface area contributed by atoms with E-state index in [4.69, 9.17) is 5.11 Å². The molecule has 1 aliphatic carbocycles. The van der Waals surface area contributed by atoms with Crippen LogP contribution in [0.2, 0.25) is 0 Å². The molecule has 0 radical (unpaired) electrons. The summed E-state index contributed by atoms with van der Waals surface area (Å²) >= 11 is 0. The Kier molecular flexibility index (Phi) is 2.76. The normalized spacial score (nSPS) is 14.4. The first-order valence-corrected chi connectivity index (χ1v) is 5.08. The summed E-state index contributed by atoms with van der Waals surface area (Å²) in [5.74, 6) is -1.87. The molecule has 0 saturated carbocycles. The van der Waals surface area contributed by atoms with E-state index in [9.17, 15) is 22.8 Å². The van der Waals surface area contributed by atoms with Crippen molar-refractivity contribution >= 4 is 12.0 Å². The van der Waals surface area contributed by atoms with Crippen molar-refractivity contribution in [2.75, 3.05) is 0 Å². The van der Waals surface area contributed by atoms with Crippen LogP contribution in [0.25, 0.3) is 6.08 Å². The highest BCUT2D eigenvalue weighted by Gasteiger charge is 2.39. The van der Waals surface area contributed by atoms with E-state index < -0.39 is 28.8 Å². The first-order chi connectivity index (χ1) is 8.32. The number of hydrogen-bond acceptors (Lipinski definition) is 2. The van der Waals surface area contributed by atoms with Crippen molar-refractivity contribution in [1.29, 1.82) is 0 Å². The van der Waals surface area contributed by atoms with Crippen molar-refractivity contribution in [3.63, 3.8) is 0 Å². The Hall–Kier alpha value is -2.05. The number of H-pyrrole nitrogens is 1. The zero-order chi connectivity index (χ0) is 13.5. The summed E-state index contributed by atoms with van der Waals surface area (Å²) in [6, 6.07) is 0. The van der Waals surface area contributed by atoms with Crippen LogP contribution in [0, 0.1) is 0 Å². The highest BCUT2D eigenvalue weighted by Crippen LogP contribution is 2.31. The minimum atomic E-state index is -4.91. The van der Waals surface area contributed by atoms with Gasteiger partial charge in [-0.2, -0.15) is 13.2 Å². The summed E-state index contributed by atoms with van der Waals surface area (Å²) in [5, 5.41) is 8.77. The summed E-state index contributed by atoms with van der Waals surface area (Å²) in [7, 11) is 0. The molecule has 2 rings (SSSR count). The Morgan fingerprint density at radius 1 is 1.39 bits per heavy atom. The maximum atomic E-state index is 12.7. The van der Waals surface area contributed by atoms with Crippen molar-refractivity contribution in [1.82, 2.24) is 4.98 Å². The van der Waals surface area contributed by atoms with Gasteiger partial charge in [-0.15, -0.1) is 0 Å². The van der Waals surface area contributed by atoms with Crippen LogP contribution >= 0.6 is 0 Å². The van der Waals surface area contributed by atoms with E-state index in [1.165, 1.54) is 6.08 Å². The van der Waals surface area contributed by atoms with Gasteiger partial charge in [0.1, 0.15) is 11.3 Å². The van der Waals surface area contributed by atoms with Gasteiger partial charge >= 0.3 is 12.1 Å². The maximum Gasteiger partial charge on any atom is 0.432 e. The van der Waals surface area contributed by atoms with Crippen LogP contribution in [0.5, 0.6) is 0 Å². The van der Waals surface area contributed by atoms with Gasteiger partial charge in [0.25, 0.3) is 0 Å². The highest BCUT2D eigenvalue weighted by atomic mass is 19.4. The summed E-state index contributed by atoms with van der Waals surface area (Å²) in [6.07, 6.45) is -1.19. The number of carboxylic acid groups (broad SMARTS) is 1. The molecule has 0 atom stereocenters. The van der Waals surface area contributed by atoms with Crippen molar-refractivity contribution < 1.29 is 23.1 Å². The fraction of sp³-hybridized carbons (Fsp3) is 0.273. The number of carboxylic acids is 1. The van der Waals surface area contributed by atoms with Gasteiger partial charge in [0.15, 0.2) is 0 Å². The lowest BCUT2D eigenvalue weighted by molar-refractivity contribution is -0.141. The van der Waals surface area contributed by atoms with E-state index in [0.29, 0.717) is 6.42 Å². The molecule has 0 unspecified atom stereocenters. The lowest BCUT2D eigenvalue weighted by Crippen LogP contribution is -2.28. The SMILES string of the molecule is O=C(O)c1c(C(F)(F)F)[nH]c2c(c1=O)CCC=C2. The molecular weight excluding hydrogens is 251 g/mol. The maximum absolute atomic E-state index is 12.7. The fourth-order valence-corrected chi connectivity index (χ4v) is 1.90. The number of fused-ring (bicyclic) bond motifs is 1. The predicted molar refractivity (Wildman–Crippen MR) is 56.4 cm³/mol. The van der Waals surface area contributed by atoms with Crippen LogP contribution in [0.3, 0.4) is 0 Å². The third-order valence-electron chi connectivity index (χ3n) is 2.68. The van der Waals surface area contributed by atoms with Crippen molar-refractivity contribution in [2.24, 2.45) is 0 Å². The van der Waals surface area contributed by atoms with E-state index in [1.807, 2.05) is 4.98 Å². The zero-order valence-electron chi connectivity index (χ0n) is 8.97. The molecule has 1 heterocycles. The van der Waals surface area contributed by atoms with E-state index in [1.54, 1.807) is 6.08 Å². The highest BCUT2D eigenvalue weighted by molar-refractivity contribution is 5.89. The van der Waals surface area contributed by atoms with Crippen LogP contribution < -0.4 is 5.43 Å². The van der Waals surface area contributed by atoms with E-state index >= 15 is 0 Å². The second-order valence-electron chi connectivity index (χ2n) is 3.84. The lowest BCUT2D eigenvalue weighted by atomic mass is 9.98. The Bertz CT molecular complexity index is 599. The zero-order valence-corrected chi connectivity index (χ0v) is 8.97. The van der Waals surface area contributed by atoms with E-state index in [0.717, 1.165) is 0 Å². The number of nitrogens with one attached hydrogen (secondary N) is 1. The molecule has 0 bridgehead atoms. The van der Waals surface area contributed by atoms with E-state index in [-0.39, 0.29) is 17.7 Å². The second kappa shape index (κ2) is 4.01. The summed E-state index contributed by atoms with van der Waals surface area (Å²) in [5.41, 5.74) is -3.69. The standard InChI is InChI=1S/C11H8F3NO3/c12-11(13,14)9-7(10(17)18)8(16)5-3-1-2-4-6(5)15-9/h2,4H,1,3H2,(H,15,16)(H,17,18). The molecule has 0 saturated heterocycles. The molecule has 0 aliphatic heterocycles. The minimum Gasteiger partial charge on any atom is -0.477 e. The van der Waals surface area contributed by atoms with Crippen LogP contribution in [0.15, 0.2) is 10.9 Å². The van der Waals surface area contributed by atoms with Gasteiger partial charge < -0.3 is 10.1 Å². The molecule has 7 heteroatoms. The molecule has 18 heavy (non-hydrogen) atoms. The largest absolute Gasteiger partial charge is 0.477 e. The minimum absolute atomic E-state index is 0.0311. The molecule has 1 aliphatic rings. The number of halogens is 3. The number of aromatic amines is 1. The molecule has 96 valence electrons. The number of pyridine rings is 1. The van der Waals surface area contributed by atoms with Crippen LogP contribution in [-0.2, 0) is 12.6 Å². The number of hydrogen-bond donors (Lipinski definition) is 2. The second-order valence-corrected chi connectivity index (χ2v) is 3.84. The quantitative estimate of drug-likeness (QED) is 0.810. The van der Waals surface area contributed by atoms with Gasteiger partial charge in [-0.05, 0) is 18.9 Å². The van der Waals surface area contributed by atoms with Gasteiger partial charge in [-0.1, -0.05) is 6.08 Å². The summed E-state index contributed by atoms with van der Waals surface area (Å²) < 4.78 is 38.1. The molecule has 0 spiro atoms. The Morgan fingerprint density at radius 2 is 2.06 bits per heavy atom. The fourth-order valence-electron chi connectivity index (χ4n) is 1.90. The number of aromatic carboxylic acids is 1. The topological polar surface area (TPSA) is 70.2 Å². The van der Waals surface area contributed by atoms with Crippen molar-refractivity contribution in [3.05, 3.63) is 38.8 Å². The van der Waals surface area contributed by atoms with Gasteiger partial charge in [0.05, 0.1) is 0 Å². The number of alkyl halides is 3. The predicted octanol–water partition coefficient (Wildman–Crippen LogP) is 2.05. The number of allylic oxidation sites excluding steroid dienone is 1.